The van der Waals surface area contributed by atoms with Crippen LogP contribution < -0.4 is 10.5 Å². The monoisotopic (exact) mass is 152 g/mol. The molecule has 0 aromatic carbocycles. The molecular formula is C7H8N2O2. The Morgan fingerprint density at radius 2 is 2.45 bits per heavy atom. The highest BCUT2D eigenvalue weighted by Gasteiger charge is 1.99. The number of anilines is 1. The summed E-state index contributed by atoms with van der Waals surface area (Å²) in [4.78, 5) is 14.1. The number of nitrogens with zero attached hydrogens (tertiary/aromatic N) is 1. The summed E-state index contributed by atoms with van der Waals surface area (Å²) in [5, 5.41) is 0. The van der Waals surface area contributed by atoms with Crippen molar-refractivity contribution in [1.82, 2.24) is 4.98 Å². The predicted octanol–water partition coefficient (Wildman–Crippen LogP) is 0.485. The zero-order chi connectivity index (χ0) is 8.27. The van der Waals surface area contributed by atoms with Gasteiger partial charge in [0.2, 0.25) is 0 Å². The first kappa shape index (κ1) is 7.53. The van der Waals surface area contributed by atoms with Gasteiger partial charge in [0, 0.05) is 0 Å². The lowest BCUT2D eigenvalue weighted by Crippen LogP contribution is -1.97. The quantitative estimate of drug-likeness (QED) is 0.626. The zero-order valence-electron chi connectivity index (χ0n) is 6.07. The van der Waals surface area contributed by atoms with Gasteiger partial charge in [0.25, 0.3) is 0 Å². The van der Waals surface area contributed by atoms with Gasteiger partial charge in [-0.3, -0.25) is 4.79 Å². The average Bonchev–Trinajstić information content (AvgIpc) is 2.05. The van der Waals surface area contributed by atoms with Gasteiger partial charge in [-0.05, 0) is 6.07 Å². The Balaban J connectivity index is 3.12. The van der Waals surface area contributed by atoms with Crippen molar-refractivity contribution >= 4 is 12.1 Å². The molecule has 0 aliphatic rings. The number of methoxy groups -OCH3 is 1. The molecule has 4 nitrogen and oxygen atoms in total. The van der Waals surface area contributed by atoms with E-state index in [1.165, 1.54) is 19.4 Å². The van der Waals surface area contributed by atoms with Crippen molar-refractivity contribution < 1.29 is 9.53 Å². The van der Waals surface area contributed by atoms with Crippen LogP contribution in [0.4, 0.5) is 5.82 Å². The third-order valence-electron chi connectivity index (χ3n) is 1.29. The molecule has 0 aliphatic carbocycles. The van der Waals surface area contributed by atoms with Crippen LogP contribution in [-0.4, -0.2) is 18.4 Å². The molecule has 11 heavy (non-hydrogen) atoms. The molecular weight excluding hydrogens is 144 g/mol. The number of ether oxygens (including phenoxy) is 1. The number of carbonyl (C=O) groups is 1. The molecule has 0 unspecified atom stereocenters. The summed E-state index contributed by atoms with van der Waals surface area (Å²) in [6.07, 6.45) is 2.10. The van der Waals surface area contributed by atoms with E-state index in [0.29, 0.717) is 17.6 Å². The van der Waals surface area contributed by atoms with Gasteiger partial charge in [0.15, 0.2) is 6.29 Å². The smallest absolute Gasteiger partial charge is 0.153 e. The molecule has 1 aromatic heterocycles. The third-order valence-corrected chi connectivity index (χ3v) is 1.29. The Hall–Kier alpha value is -1.58. The molecule has 2 N–H and O–H groups in total. The van der Waals surface area contributed by atoms with Crippen molar-refractivity contribution in [3.05, 3.63) is 17.8 Å². The van der Waals surface area contributed by atoms with E-state index in [-0.39, 0.29) is 5.82 Å². The maximum Gasteiger partial charge on any atom is 0.153 e. The summed E-state index contributed by atoms with van der Waals surface area (Å²) in [6.45, 7) is 0. The van der Waals surface area contributed by atoms with E-state index >= 15 is 0 Å². The highest BCUT2D eigenvalue weighted by molar-refractivity contribution is 5.82. The van der Waals surface area contributed by atoms with Crippen molar-refractivity contribution in [2.75, 3.05) is 12.8 Å². The molecule has 1 rings (SSSR count). The summed E-state index contributed by atoms with van der Waals surface area (Å²) in [6, 6.07) is 1.54. The number of aromatic nitrogens is 1. The van der Waals surface area contributed by atoms with Gasteiger partial charge in [0.1, 0.15) is 11.6 Å². The fourth-order valence-electron chi connectivity index (χ4n) is 0.678. The van der Waals surface area contributed by atoms with E-state index in [2.05, 4.69) is 4.98 Å². The van der Waals surface area contributed by atoms with Gasteiger partial charge >= 0.3 is 0 Å². The zero-order valence-corrected chi connectivity index (χ0v) is 6.07. The lowest BCUT2D eigenvalue weighted by Gasteiger charge is -2.00. The summed E-state index contributed by atoms with van der Waals surface area (Å²) in [5.74, 6) is 0.752. The number of aldehydes is 1. The van der Waals surface area contributed by atoms with Crippen LogP contribution in [-0.2, 0) is 0 Å². The van der Waals surface area contributed by atoms with Crippen molar-refractivity contribution in [1.29, 1.82) is 0 Å². The fraction of sp³-hybridized carbons (Fsp3) is 0.143. The lowest BCUT2D eigenvalue weighted by atomic mass is 10.3. The van der Waals surface area contributed by atoms with E-state index in [1.54, 1.807) is 0 Å². The van der Waals surface area contributed by atoms with Crippen LogP contribution in [0.5, 0.6) is 5.75 Å². The number of nitrogen functional groups attached to an aromatic ring is 1. The Morgan fingerprint density at radius 3 is 3.00 bits per heavy atom. The van der Waals surface area contributed by atoms with E-state index in [0.717, 1.165) is 0 Å². The van der Waals surface area contributed by atoms with Crippen LogP contribution in [0.25, 0.3) is 0 Å². The molecule has 58 valence electrons. The molecule has 4 heteroatoms. The number of carbonyl (C=O) groups excluding carboxylic acids is 1. The van der Waals surface area contributed by atoms with Gasteiger partial charge in [-0.25, -0.2) is 4.98 Å². The molecule has 0 aliphatic heterocycles. The van der Waals surface area contributed by atoms with E-state index in [9.17, 15) is 4.79 Å². The second-order valence-electron chi connectivity index (χ2n) is 1.97. The Morgan fingerprint density at radius 1 is 1.73 bits per heavy atom. The maximum absolute atomic E-state index is 10.3. The first-order chi connectivity index (χ1) is 5.27. The maximum atomic E-state index is 10.3. The number of pyridine rings is 1. The minimum atomic E-state index is 0.223. The second kappa shape index (κ2) is 3.01. The van der Waals surface area contributed by atoms with Crippen LogP contribution in [0.15, 0.2) is 12.3 Å². The standard InChI is InChI=1S/C7H8N2O2/c1-11-6-2-5(4-10)7(8)9-3-6/h2-4H,1H3,(H2,8,9). The van der Waals surface area contributed by atoms with Crippen LogP contribution in [0.2, 0.25) is 0 Å². The summed E-state index contributed by atoms with van der Waals surface area (Å²) in [7, 11) is 1.50. The van der Waals surface area contributed by atoms with Gasteiger partial charge < -0.3 is 10.5 Å². The van der Waals surface area contributed by atoms with Gasteiger partial charge in [0.05, 0.1) is 18.9 Å². The molecule has 0 saturated heterocycles. The van der Waals surface area contributed by atoms with E-state index in [1.807, 2.05) is 0 Å². The molecule has 0 radical (unpaired) electrons. The normalized spacial score (nSPS) is 9.18. The predicted molar refractivity (Wildman–Crippen MR) is 40.6 cm³/mol. The number of nitrogens with two attached hydrogens (primary N) is 1. The molecule has 0 saturated carbocycles. The largest absolute Gasteiger partial charge is 0.495 e. The minimum absolute atomic E-state index is 0.223. The van der Waals surface area contributed by atoms with Crippen molar-refractivity contribution in [3.63, 3.8) is 0 Å². The van der Waals surface area contributed by atoms with Gasteiger partial charge in [-0.15, -0.1) is 0 Å². The SMILES string of the molecule is COc1cnc(N)c(C=O)c1. The molecule has 1 aromatic rings. The lowest BCUT2D eigenvalue weighted by molar-refractivity contribution is 0.112. The van der Waals surface area contributed by atoms with Crippen molar-refractivity contribution in [2.24, 2.45) is 0 Å². The van der Waals surface area contributed by atoms with Gasteiger partial charge in [-0.2, -0.15) is 0 Å². The Labute approximate surface area is 64.0 Å². The number of hydrogen-bond acceptors (Lipinski definition) is 4. The number of hydrogen-bond donors (Lipinski definition) is 1. The molecule has 0 bridgehead atoms. The second-order valence-corrected chi connectivity index (χ2v) is 1.97. The molecule has 0 fully saturated rings. The van der Waals surface area contributed by atoms with Crippen LogP contribution in [0.3, 0.4) is 0 Å². The Kier molecular flexibility index (Phi) is 2.06. The van der Waals surface area contributed by atoms with E-state index < -0.39 is 0 Å². The first-order valence-electron chi connectivity index (χ1n) is 3.02. The molecule has 1 heterocycles. The molecule has 0 atom stereocenters. The fourth-order valence-corrected chi connectivity index (χ4v) is 0.678. The van der Waals surface area contributed by atoms with Crippen LogP contribution >= 0.6 is 0 Å². The topological polar surface area (TPSA) is 65.2 Å². The third kappa shape index (κ3) is 1.46. The summed E-state index contributed by atoms with van der Waals surface area (Å²) >= 11 is 0. The molecule has 0 spiro atoms. The summed E-state index contributed by atoms with van der Waals surface area (Å²) in [5.41, 5.74) is 5.71. The molecule has 0 amide bonds. The average molecular weight is 152 g/mol. The van der Waals surface area contributed by atoms with Gasteiger partial charge in [-0.1, -0.05) is 0 Å². The minimum Gasteiger partial charge on any atom is -0.495 e. The highest BCUT2D eigenvalue weighted by atomic mass is 16.5. The van der Waals surface area contributed by atoms with Crippen molar-refractivity contribution in [2.45, 2.75) is 0 Å². The van der Waals surface area contributed by atoms with Crippen molar-refractivity contribution in [3.8, 4) is 5.75 Å². The van der Waals surface area contributed by atoms with Crippen LogP contribution in [0.1, 0.15) is 10.4 Å². The Bertz CT molecular complexity index is 273. The first-order valence-corrected chi connectivity index (χ1v) is 3.02. The number of rotatable bonds is 2. The van der Waals surface area contributed by atoms with E-state index in [4.69, 9.17) is 10.5 Å². The highest BCUT2D eigenvalue weighted by Crippen LogP contribution is 2.13. The summed E-state index contributed by atoms with van der Waals surface area (Å²) < 4.78 is 4.83. The van der Waals surface area contributed by atoms with Crippen LogP contribution in [0, 0.1) is 0 Å².